The fraction of sp³-hybridized carbons (Fsp3) is 0.200. The Morgan fingerprint density at radius 1 is 0.818 bits per heavy atom. The Morgan fingerprint density at radius 3 is 1.91 bits per heavy atom. The van der Waals surface area contributed by atoms with Crippen molar-refractivity contribution < 1.29 is 9.59 Å². The summed E-state index contributed by atoms with van der Waals surface area (Å²) in [6.07, 6.45) is 2.74. The van der Waals surface area contributed by atoms with Crippen molar-refractivity contribution in [3.8, 4) is 0 Å². The third-order valence-corrected chi connectivity index (χ3v) is 4.07. The fourth-order valence-corrected chi connectivity index (χ4v) is 2.93. The Kier molecular flexibility index (Phi) is 4.01. The number of rotatable bonds is 4. The van der Waals surface area contributed by atoms with Crippen LogP contribution in [-0.4, -0.2) is 11.6 Å². The molecular formula is C20H18O2. The SMILES string of the molecule is CCCCC(=C1C(=O)c2ccccc2C1=O)c1ccccc1. The molecule has 110 valence electrons. The smallest absolute Gasteiger partial charge is 0.198 e. The number of ketones is 2. The van der Waals surface area contributed by atoms with Crippen molar-refractivity contribution in [2.24, 2.45) is 0 Å². The van der Waals surface area contributed by atoms with Crippen LogP contribution in [0, 0.1) is 0 Å². The van der Waals surface area contributed by atoms with Crippen LogP contribution >= 0.6 is 0 Å². The molecule has 2 aromatic carbocycles. The largest absolute Gasteiger partial charge is 0.288 e. The van der Waals surface area contributed by atoms with E-state index in [-0.39, 0.29) is 11.6 Å². The molecule has 0 fully saturated rings. The number of unbranched alkanes of at least 4 members (excludes halogenated alkanes) is 1. The van der Waals surface area contributed by atoms with Gasteiger partial charge in [-0.25, -0.2) is 0 Å². The van der Waals surface area contributed by atoms with Gasteiger partial charge < -0.3 is 0 Å². The summed E-state index contributed by atoms with van der Waals surface area (Å²) >= 11 is 0. The van der Waals surface area contributed by atoms with Crippen LogP contribution in [0.25, 0.3) is 5.57 Å². The van der Waals surface area contributed by atoms with Gasteiger partial charge in [-0.1, -0.05) is 67.9 Å². The Labute approximate surface area is 130 Å². The molecule has 3 rings (SSSR count). The zero-order valence-electron chi connectivity index (χ0n) is 12.6. The van der Waals surface area contributed by atoms with Crippen molar-refractivity contribution in [1.29, 1.82) is 0 Å². The lowest BCUT2D eigenvalue weighted by atomic mass is 9.92. The third kappa shape index (κ3) is 2.41. The second kappa shape index (κ2) is 6.10. The van der Waals surface area contributed by atoms with Gasteiger partial charge in [-0.3, -0.25) is 9.59 Å². The molecule has 0 atom stereocenters. The number of hydrogen-bond donors (Lipinski definition) is 0. The number of allylic oxidation sites excluding steroid dienone is 2. The maximum atomic E-state index is 12.7. The Balaban J connectivity index is 2.16. The zero-order valence-corrected chi connectivity index (χ0v) is 12.6. The molecule has 0 bridgehead atoms. The van der Waals surface area contributed by atoms with E-state index in [1.54, 1.807) is 24.3 Å². The van der Waals surface area contributed by atoms with Crippen molar-refractivity contribution in [2.75, 3.05) is 0 Å². The van der Waals surface area contributed by atoms with Crippen LogP contribution in [0.4, 0.5) is 0 Å². The second-order valence-electron chi connectivity index (χ2n) is 5.53. The van der Waals surface area contributed by atoms with Crippen molar-refractivity contribution in [2.45, 2.75) is 26.2 Å². The predicted octanol–water partition coefficient (Wildman–Crippen LogP) is 4.71. The zero-order chi connectivity index (χ0) is 15.5. The highest BCUT2D eigenvalue weighted by atomic mass is 16.2. The van der Waals surface area contributed by atoms with Crippen LogP contribution in [0.3, 0.4) is 0 Å². The molecule has 0 unspecified atom stereocenters. The highest BCUT2D eigenvalue weighted by molar-refractivity contribution is 6.42. The maximum absolute atomic E-state index is 12.7. The molecule has 0 saturated carbocycles. The molecule has 0 heterocycles. The van der Waals surface area contributed by atoms with Crippen molar-refractivity contribution in [1.82, 2.24) is 0 Å². The first-order valence-corrected chi connectivity index (χ1v) is 7.71. The van der Waals surface area contributed by atoms with Crippen molar-refractivity contribution >= 4 is 17.1 Å². The van der Waals surface area contributed by atoms with E-state index in [9.17, 15) is 9.59 Å². The predicted molar refractivity (Wildman–Crippen MR) is 88.0 cm³/mol. The van der Waals surface area contributed by atoms with E-state index in [1.165, 1.54) is 0 Å². The standard InChI is InChI=1S/C20H18O2/c1-2-3-11-15(14-9-5-4-6-10-14)18-19(21)16-12-7-8-13-17(16)20(18)22/h4-10,12-13H,2-3,11H2,1H3. The van der Waals surface area contributed by atoms with Crippen LogP contribution in [0.2, 0.25) is 0 Å². The number of fused-ring (bicyclic) bond motifs is 1. The average molecular weight is 290 g/mol. The van der Waals surface area contributed by atoms with Gasteiger partial charge in [-0.15, -0.1) is 0 Å². The van der Waals surface area contributed by atoms with E-state index in [1.807, 2.05) is 30.3 Å². The van der Waals surface area contributed by atoms with Gasteiger partial charge in [0.15, 0.2) is 11.6 Å². The molecule has 0 amide bonds. The molecule has 1 aliphatic rings. The van der Waals surface area contributed by atoms with Crippen LogP contribution in [0.1, 0.15) is 52.5 Å². The topological polar surface area (TPSA) is 34.1 Å². The number of Topliss-reactive ketones (excluding diaryl/α,β-unsaturated/α-hetero) is 2. The summed E-state index contributed by atoms with van der Waals surface area (Å²) in [5, 5.41) is 0. The molecule has 0 aromatic heterocycles. The molecule has 0 aliphatic heterocycles. The van der Waals surface area contributed by atoms with Gasteiger partial charge in [0.2, 0.25) is 0 Å². The summed E-state index contributed by atoms with van der Waals surface area (Å²) < 4.78 is 0. The summed E-state index contributed by atoms with van der Waals surface area (Å²) in [6.45, 7) is 2.11. The van der Waals surface area contributed by atoms with Crippen LogP contribution in [0.15, 0.2) is 60.2 Å². The summed E-state index contributed by atoms with van der Waals surface area (Å²) in [6, 6.07) is 16.9. The van der Waals surface area contributed by atoms with E-state index in [2.05, 4.69) is 6.92 Å². The second-order valence-corrected chi connectivity index (χ2v) is 5.53. The highest BCUT2D eigenvalue weighted by Crippen LogP contribution is 2.34. The van der Waals surface area contributed by atoms with Crippen molar-refractivity contribution in [3.63, 3.8) is 0 Å². The number of carbonyl (C=O) groups is 2. The Morgan fingerprint density at radius 2 is 1.36 bits per heavy atom. The lowest BCUT2D eigenvalue weighted by Crippen LogP contribution is -2.05. The highest BCUT2D eigenvalue weighted by Gasteiger charge is 2.35. The minimum absolute atomic E-state index is 0.129. The van der Waals surface area contributed by atoms with Crippen LogP contribution < -0.4 is 0 Å². The Bertz CT molecular complexity index is 717. The summed E-state index contributed by atoms with van der Waals surface area (Å²) in [5.41, 5.74) is 3.29. The van der Waals surface area contributed by atoms with Crippen LogP contribution in [-0.2, 0) is 0 Å². The molecule has 0 radical (unpaired) electrons. The molecular weight excluding hydrogens is 272 g/mol. The van der Waals surface area contributed by atoms with Gasteiger partial charge in [-0.05, 0) is 24.0 Å². The number of carbonyl (C=O) groups excluding carboxylic acids is 2. The molecule has 22 heavy (non-hydrogen) atoms. The average Bonchev–Trinajstić information content (AvgIpc) is 2.82. The number of hydrogen-bond acceptors (Lipinski definition) is 2. The first-order chi connectivity index (χ1) is 10.7. The van der Waals surface area contributed by atoms with E-state index in [0.29, 0.717) is 16.7 Å². The van der Waals surface area contributed by atoms with E-state index in [0.717, 1.165) is 30.4 Å². The molecule has 2 aromatic rings. The molecule has 0 N–H and O–H groups in total. The molecule has 2 nitrogen and oxygen atoms in total. The normalized spacial score (nSPS) is 13.4. The van der Waals surface area contributed by atoms with Gasteiger partial charge >= 0.3 is 0 Å². The minimum atomic E-state index is -0.129. The quantitative estimate of drug-likeness (QED) is 0.603. The van der Waals surface area contributed by atoms with Gasteiger partial charge in [0.05, 0.1) is 5.57 Å². The first-order valence-electron chi connectivity index (χ1n) is 7.71. The lowest BCUT2D eigenvalue weighted by Gasteiger charge is -2.10. The van der Waals surface area contributed by atoms with E-state index in [4.69, 9.17) is 0 Å². The van der Waals surface area contributed by atoms with E-state index < -0.39 is 0 Å². The van der Waals surface area contributed by atoms with Gasteiger partial charge in [0, 0.05) is 11.1 Å². The lowest BCUT2D eigenvalue weighted by molar-refractivity contribution is 0.0989. The van der Waals surface area contributed by atoms with Gasteiger partial charge in [0.1, 0.15) is 0 Å². The summed E-state index contributed by atoms with van der Waals surface area (Å²) in [5.74, 6) is -0.258. The fourth-order valence-electron chi connectivity index (χ4n) is 2.93. The maximum Gasteiger partial charge on any atom is 0.198 e. The molecule has 1 aliphatic carbocycles. The minimum Gasteiger partial charge on any atom is -0.288 e. The molecule has 0 spiro atoms. The first kappa shape index (κ1) is 14.5. The third-order valence-electron chi connectivity index (χ3n) is 4.07. The van der Waals surface area contributed by atoms with Crippen molar-refractivity contribution in [3.05, 3.63) is 76.9 Å². The van der Waals surface area contributed by atoms with E-state index >= 15 is 0 Å². The van der Waals surface area contributed by atoms with Gasteiger partial charge in [-0.2, -0.15) is 0 Å². The summed E-state index contributed by atoms with van der Waals surface area (Å²) in [4.78, 5) is 25.4. The molecule has 0 saturated heterocycles. The Hall–Kier alpha value is -2.48. The summed E-state index contributed by atoms with van der Waals surface area (Å²) in [7, 11) is 0. The van der Waals surface area contributed by atoms with Crippen LogP contribution in [0.5, 0.6) is 0 Å². The number of benzene rings is 2. The monoisotopic (exact) mass is 290 g/mol. The molecule has 2 heteroatoms. The van der Waals surface area contributed by atoms with Gasteiger partial charge in [0.25, 0.3) is 0 Å².